The zero-order chi connectivity index (χ0) is 15.8. The van der Waals surface area contributed by atoms with E-state index in [0.29, 0.717) is 43.5 Å². The Morgan fingerprint density at radius 2 is 2.14 bits per heavy atom. The van der Waals surface area contributed by atoms with Crippen LogP contribution in [-0.4, -0.2) is 54.1 Å². The molecule has 0 aliphatic heterocycles. The summed E-state index contributed by atoms with van der Waals surface area (Å²) in [6.07, 6.45) is 1.67. The summed E-state index contributed by atoms with van der Waals surface area (Å²) in [7, 11) is 1.76. The second-order valence-electron chi connectivity index (χ2n) is 4.98. The van der Waals surface area contributed by atoms with Crippen molar-refractivity contribution in [2.24, 2.45) is 0 Å². The van der Waals surface area contributed by atoms with Crippen LogP contribution in [0, 0.1) is 0 Å². The molecule has 0 radical (unpaired) electrons. The van der Waals surface area contributed by atoms with Gasteiger partial charge in [-0.15, -0.1) is 0 Å². The first kappa shape index (κ1) is 17.4. The summed E-state index contributed by atoms with van der Waals surface area (Å²) in [5.74, 6) is 0.769. The molecule has 0 saturated heterocycles. The molecule has 1 heterocycles. The lowest BCUT2D eigenvalue weighted by Crippen LogP contribution is -2.35. The maximum atomic E-state index is 12.7. The molecule has 0 aliphatic carbocycles. The predicted octanol–water partition coefficient (Wildman–Crippen LogP) is 2.14. The van der Waals surface area contributed by atoms with Gasteiger partial charge in [-0.3, -0.25) is 4.79 Å². The number of rotatable bonds is 8. The van der Waals surface area contributed by atoms with Gasteiger partial charge in [0.25, 0.3) is 5.91 Å². The first-order valence-electron chi connectivity index (χ1n) is 7.46. The minimum Gasteiger partial charge on any atom is -0.385 e. The second-order valence-corrected chi connectivity index (χ2v) is 4.98. The van der Waals surface area contributed by atoms with Crippen LogP contribution in [0.3, 0.4) is 0 Å². The van der Waals surface area contributed by atoms with Crippen molar-refractivity contribution in [2.75, 3.05) is 38.7 Å². The first-order chi connectivity index (χ1) is 10.0. The van der Waals surface area contributed by atoms with Gasteiger partial charge in [-0.25, -0.2) is 9.97 Å². The fourth-order valence-electron chi connectivity index (χ4n) is 1.89. The van der Waals surface area contributed by atoms with Gasteiger partial charge in [0.15, 0.2) is 5.69 Å². The van der Waals surface area contributed by atoms with Crippen molar-refractivity contribution >= 4 is 11.6 Å². The molecular weight excluding hydrogens is 268 g/mol. The van der Waals surface area contributed by atoms with E-state index in [2.05, 4.69) is 15.3 Å². The average molecular weight is 294 g/mol. The van der Waals surface area contributed by atoms with E-state index >= 15 is 0 Å². The molecule has 0 fully saturated rings. The van der Waals surface area contributed by atoms with Crippen LogP contribution in [0.4, 0.5) is 5.69 Å². The Hall–Kier alpha value is -1.69. The van der Waals surface area contributed by atoms with E-state index in [9.17, 15) is 4.79 Å². The van der Waals surface area contributed by atoms with Crippen LogP contribution in [0.15, 0.2) is 6.20 Å². The Balaban J connectivity index is 2.99. The van der Waals surface area contributed by atoms with Crippen LogP contribution in [0.2, 0.25) is 0 Å². The number of nitrogens with one attached hydrogen (secondary N) is 1. The number of carbonyl (C=O) groups is 1. The van der Waals surface area contributed by atoms with Crippen molar-refractivity contribution in [1.82, 2.24) is 14.9 Å². The monoisotopic (exact) mass is 294 g/mol. The summed E-state index contributed by atoms with van der Waals surface area (Å²) < 4.78 is 5.33. The van der Waals surface area contributed by atoms with Crippen molar-refractivity contribution in [1.29, 1.82) is 0 Å². The van der Waals surface area contributed by atoms with Crippen LogP contribution < -0.4 is 5.32 Å². The molecule has 21 heavy (non-hydrogen) atoms. The van der Waals surface area contributed by atoms with Gasteiger partial charge in [-0.05, 0) is 13.8 Å². The third-order valence-corrected chi connectivity index (χ3v) is 3.17. The number of ether oxygens (including phenoxy) is 1. The topological polar surface area (TPSA) is 67.3 Å². The van der Waals surface area contributed by atoms with E-state index in [1.54, 1.807) is 18.1 Å². The second kappa shape index (κ2) is 8.56. The number of likely N-dealkylation sites (N-methyl/N-ethyl adjacent to an activating group) is 1. The number of aromatic nitrogens is 2. The van der Waals surface area contributed by atoms with Crippen LogP contribution >= 0.6 is 0 Å². The lowest BCUT2D eigenvalue weighted by molar-refractivity contribution is 0.0664. The Kier molecular flexibility index (Phi) is 7.08. The quantitative estimate of drug-likeness (QED) is 0.744. The maximum absolute atomic E-state index is 12.7. The maximum Gasteiger partial charge on any atom is 0.274 e. The van der Waals surface area contributed by atoms with Crippen LogP contribution in [0.5, 0.6) is 0 Å². The third-order valence-electron chi connectivity index (χ3n) is 3.17. The molecule has 1 rings (SSSR count). The minimum atomic E-state index is -0.0918. The highest BCUT2D eigenvalue weighted by atomic mass is 16.5. The van der Waals surface area contributed by atoms with Gasteiger partial charge in [0, 0.05) is 32.7 Å². The summed E-state index contributed by atoms with van der Waals surface area (Å²) in [5, 5.41) is 2.99. The molecule has 0 aliphatic rings. The van der Waals surface area contributed by atoms with Crippen molar-refractivity contribution in [3.05, 3.63) is 17.7 Å². The zero-order valence-corrected chi connectivity index (χ0v) is 13.6. The smallest absolute Gasteiger partial charge is 0.274 e. The predicted molar refractivity (Wildman–Crippen MR) is 83.7 cm³/mol. The minimum absolute atomic E-state index is 0.0918. The molecule has 0 aromatic carbocycles. The van der Waals surface area contributed by atoms with Crippen molar-refractivity contribution in [3.63, 3.8) is 0 Å². The lowest BCUT2D eigenvalue weighted by atomic mass is 10.2. The molecule has 0 atom stereocenters. The van der Waals surface area contributed by atoms with Gasteiger partial charge < -0.3 is 15.0 Å². The fraction of sp³-hybridized carbons (Fsp3) is 0.667. The Morgan fingerprint density at radius 1 is 1.43 bits per heavy atom. The highest BCUT2D eigenvalue weighted by Crippen LogP contribution is 2.17. The molecule has 1 aromatic rings. The number of hydrogen-bond acceptors (Lipinski definition) is 5. The lowest BCUT2D eigenvalue weighted by Gasteiger charge is -2.22. The van der Waals surface area contributed by atoms with E-state index in [0.717, 1.165) is 0 Å². The van der Waals surface area contributed by atoms with E-state index < -0.39 is 0 Å². The number of amides is 1. The first-order valence-corrected chi connectivity index (χ1v) is 7.46. The molecule has 1 amide bonds. The molecule has 0 spiro atoms. The Bertz CT molecular complexity index is 463. The number of hydrogen-bond donors (Lipinski definition) is 1. The SMILES string of the molecule is CCOCCN(CC)C(=O)c1nc(C(C)C)ncc1NC. The highest BCUT2D eigenvalue weighted by molar-refractivity contribution is 5.97. The van der Waals surface area contributed by atoms with E-state index in [1.807, 2.05) is 27.7 Å². The van der Waals surface area contributed by atoms with Gasteiger partial charge >= 0.3 is 0 Å². The van der Waals surface area contributed by atoms with Crippen molar-refractivity contribution in [3.8, 4) is 0 Å². The van der Waals surface area contributed by atoms with Gasteiger partial charge in [-0.2, -0.15) is 0 Å². The largest absolute Gasteiger partial charge is 0.385 e. The molecular formula is C15H26N4O2. The van der Waals surface area contributed by atoms with Crippen LogP contribution in [-0.2, 0) is 4.74 Å². The zero-order valence-electron chi connectivity index (χ0n) is 13.6. The summed E-state index contributed by atoms with van der Waals surface area (Å²) in [6.45, 7) is 10.3. The molecule has 1 N–H and O–H groups in total. The van der Waals surface area contributed by atoms with Crippen molar-refractivity contribution in [2.45, 2.75) is 33.6 Å². The molecule has 1 aromatic heterocycles. The van der Waals surface area contributed by atoms with Crippen LogP contribution in [0.25, 0.3) is 0 Å². The molecule has 0 unspecified atom stereocenters. The summed E-state index contributed by atoms with van der Waals surface area (Å²) in [6, 6.07) is 0. The molecule has 0 saturated carbocycles. The van der Waals surface area contributed by atoms with E-state index in [4.69, 9.17) is 4.74 Å². The molecule has 0 bridgehead atoms. The van der Waals surface area contributed by atoms with E-state index in [1.165, 1.54) is 0 Å². The molecule has 6 nitrogen and oxygen atoms in total. The van der Waals surface area contributed by atoms with Gasteiger partial charge in [-0.1, -0.05) is 13.8 Å². The fourth-order valence-corrected chi connectivity index (χ4v) is 1.89. The van der Waals surface area contributed by atoms with Crippen LogP contribution in [0.1, 0.15) is 49.9 Å². The number of anilines is 1. The number of nitrogens with zero attached hydrogens (tertiary/aromatic N) is 3. The standard InChI is InChI=1S/C15H26N4O2/c1-6-19(8-9-21-7-2)15(20)13-12(16-5)10-17-14(18-13)11(3)4/h10-11,16H,6-9H2,1-5H3. The normalized spacial score (nSPS) is 10.8. The van der Waals surface area contributed by atoms with Crippen molar-refractivity contribution < 1.29 is 9.53 Å². The Labute approximate surface area is 126 Å². The number of carbonyl (C=O) groups excluding carboxylic acids is 1. The summed E-state index contributed by atoms with van der Waals surface area (Å²) >= 11 is 0. The Morgan fingerprint density at radius 3 is 2.67 bits per heavy atom. The molecule has 118 valence electrons. The average Bonchev–Trinajstić information content (AvgIpc) is 2.50. The third kappa shape index (κ3) is 4.67. The highest BCUT2D eigenvalue weighted by Gasteiger charge is 2.20. The van der Waals surface area contributed by atoms with Gasteiger partial charge in [0.05, 0.1) is 18.5 Å². The summed E-state index contributed by atoms with van der Waals surface area (Å²) in [4.78, 5) is 23.1. The summed E-state index contributed by atoms with van der Waals surface area (Å²) in [5.41, 5.74) is 1.08. The van der Waals surface area contributed by atoms with Gasteiger partial charge in [0.2, 0.25) is 0 Å². The molecule has 6 heteroatoms. The van der Waals surface area contributed by atoms with Gasteiger partial charge in [0.1, 0.15) is 5.82 Å². The van der Waals surface area contributed by atoms with E-state index in [-0.39, 0.29) is 11.8 Å².